The van der Waals surface area contributed by atoms with Gasteiger partial charge in [0.15, 0.2) is 6.79 Å². The van der Waals surface area contributed by atoms with Crippen LogP contribution in [0.4, 0.5) is 13.2 Å². The van der Waals surface area contributed by atoms with Gasteiger partial charge in [0.2, 0.25) is 0 Å². The molecule has 0 amide bonds. The predicted molar refractivity (Wildman–Crippen MR) is 56.5 cm³/mol. The number of alkyl halides is 3. The average molecular weight is 249 g/mol. The second-order valence-electron chi connectivity index (χ2n) is 3.55. The number of hydrogen-bond acceptors (Lipinski definition) is 3. The van der Waals surface area contributed by atoms with E-state index in [1.165, 1.54) is 0 Å². The molecule has 6 heteroatoms. The smallest absolute Gasteiger partial charge is 0.411 e. The summed E-state index contributed by atoms with van der Waals surface area (Å²) in [5.41, 5.74) is 6.41. The van der Waals surface area contributed by atoms with Gasteiger partial charge in [-0.3, -0.25) is 0 Å². The van der Waals surface area contributed by atoms with Crippen LogP contribution >= 0.6 is 0 Å². The Bertz CT molecular complexity index is 353. The second kappa shape index (κ2) is 5.88. The van der Waals surface area contributed by atoms with Crippen molar-refractivity contribution in [2.75, 3.05) is 13.4 Å². The van der Waals surface area contributed by atoms with E-state index in [0.29, 0.717) is 5.75 Å². The van der Waals surface area contributed by atoms with Gasteiger partial charge in [-0.15, -0.1) is 0 Å². The summed E-state index contributed by atoms with van der Waals surface area (Å²) in [5.74, 6) is 0.435. The molecular formula is C11H14F3NO2. The first-order valence-corrected chi connectivity index (χ1v) is 5.02. The van der Waals surface area contributed by atoms with E-state index in [1.54, 1.807) is 31.2 Å². The van der Waals surface area contributed by atoms with Gasteiger partial charge in [0.05, 0.1) is 0 Å². The summed E-state index contributed by atoms with van der Waals surface area (Å²) in [6.45, 7) is -0.0185. The van der Waals surface area contributed by atoms with Crippen molar-refractivity contribution >= 4 is 0 Å². The maximum atomic E-state index is 11.8. The molecule has 0 aliphatic heterocycles. The van der Waals surface area contributed by atoms with Crippen LogP contribution < -0.4 is 10.5 Å². The van der Waals surface area contributed by atoms with E-state index in [2.05, 4.69) is 4.74 Å². The van der Waals surface area contributed by atoms with E-state index < -0.39 is 19.6 Å². The van der Waals surface area contributed by atoms with Crippen LogP contribution in [0.15, 0.2) is 24.3 Å². The lowest BCUT2D eigenvalue weighted by Crippen LogP contribution is -2.19. The fourth-order valence-corrected chi connectivity index (χ4v) is 1.25. The van der Waals surface area contributed by atoms with Crippen molar-refractivity contribution in [3.8, 4) is 5.75 Å². The SMILES string of the molecule is C[C@H](N)c1ccccc1OCOCC(F)(F)F. The second-order valence-corrected chi connectivity index (χ2v) is 3.55. The molecular weight excluding hydrogens is 235 g/mol. The summed E-state index contributed by atoms with van der Waals surface area (Å²) in [6.07, 6.45) is -4.34. The van der Waals surface area contributed by atoms with Gasteiger partial charge in [-0.1, -0.05) is 18.2 Å². The fourth-order valence-electron chi connectivity index (χ4n) is 1.25. The van der Waals surface area contributed by atoms with E-state index in [-0.39, 0.29) is 6.04 Å². The molecule has 0 spiro atoms. The minimum absolute atomic E-state index is 0.256. The Morgan fingerprint density at radius 3 is 2.53 bits per heavy atom. The van der Waals surface area contributed by atoms with Crippen LogP contribution in [0, 0.1) is 0 Å². The fraction of sp³-hybridized carbons (Fsp3) is 0.455. The van der Waals surface area contributed by atoms with Gasteiger partial charge in [-0.05, 0) is 13.0 Å². The maximum Gasteiger partial charge on any atom is 0.411 e. The topological polar surface area (TPSA) is 44.5 Å². The monoisotopic (exact) mass is 249 g/mol. The van der Waals surface area contributed by atoms with Gasteiger partial charge >= 0.3 is 6.18 Å². The molecule has 2 N–H and O–H groups in total. The van der Waals surface area contributed by atoms with E-state index in [9.17, 15) is 13.2 Å². The Morgan fingerprint density at radius 1 is 1.29 bits per heavy atom. The van der Waals surface area contributed by atoms with E-state index in [0.717, 1.165) is 5.56 Å². The Labute approximate surface area is 97.3 Å². The van der Waals surface area contributed by atoms with Crippen molar-refractivity contribution in [3.05, 3.63) is 29.8 Å². The van der Waals surface area contributed by atoms with Crippen molar-refractivity contribution in [2.45, 2.75) is 19.1 Å². The molecule has 0 saturated carbocycles. The number of benzene rings is 1. The van der Waals surface area contributed by atoms with Crippen LogP contribution in [-0.4, -0.2) is 19.6 Å². The van der Waals surface area contributed by atoms with Crippen molar-refractivity contribution in [2.24, 2.45) is 5.73 Å². The van der Waals surface area contributed by atoms with Crippen LogP contribution in [0.3, 0.4) is 0 Å². The summed E-state index contributed by atoms with van der Waals surface area (Å²) in [5, 5.41) is 0. The number of hydrogen-bond donors (Lipinski definition) is 1. The molecule has 1 aromatic rings. The zero-order valence-corrected chi connectivity index (χ0v) is 9.33. The third-order valence-electron chi connectivity index (χ3n) is 1.97. The Morgan fingerprint density at radius 2 is 1.94 bits per heavy atom. The highest BCUT2D eigenvalue weighted by Gasteiger charge is 2.27. The molecule has 0 aliphatic rings. The lowest BCUT2D eigenvalue weighted by atomic mass is 10.1. The van der Waals surface area contributed by atoms with Crippen molar-refractivity contribution < 1.29 is 22.6 Å². The largest absolute Gasteiger partial charge is 0.467 e. The average Bonchev–Trinajstić information content (AvgIpc) is 2.23. The summed E-state index contributed by atoms with van der Waals surface area (Å²) in [7, 11) is 0. The molecule has 17 heavy (non-hydrogen) atoms. The highest BCUT2D eigenvalue weighted by Crippen LogP contribution is 2.23. The highest BCUT2D eigenvalue weighted by molar-refractivity contribution is 5.35. The molecule has 1 atom stereocenters. The number of nitrogens with two attached hydrogens (primary N) is 1. The van der Waals surface area contributed by atoms with Gasteiger partial charge in [0.1, 0.15) is 12.4 Å². The van der Waals surface area contributed by atoms with Crippen LogP contribution in [0.25, 0.3) is 0 Å². The first-order valence-electron chi connectivity index (χ1n) is 5.02. The molecule has 96 valence electrons. The normalized spacial score (nSPS) is 13.5. The lowest BCUT2D eigenvalue weighted by molar-refractivity contribution is -0.186. The zero-order valence-electron chi connectivity index (χ0n) is 9.33. The first-order chi connectivity index (χ1) is 7.90. The van der Waals surface area contributed by atoms with Crippen LogP contribution in [0.5, 0.6) is 5.75 Å². The van der Waals surface area contributed by atoms with E-state index >= 15 is 0 Å². The van der Waals surface area contributed by atoms with Crippen molar-refractivity contribution in [1.82, 2.24) is 0 Å². The van der Waals surface area contributed by atoms with Gasteiger partial charge in [-0.25, -0.2) is 0 Å². The zero-order chi connectivity index (χ0) is 12.9. The molecule has 1 rings (SSSR count). The molecule has 0 radical (unpaired) electrons. The molecule has 3 nitrogen and oxygen atoms in total. The van der Waals surface area contributed by atoms with E-state index in [4.69, 9.17) is 10.5 Å². The van der Waals surface area contributed by atoms with Gasteiger partial charge in [0, 0.05) is 11.6 Å². The van der Waals surface area contributed by atoms with Crippen molar-refractivity contribution in [3.63, 3.8) is 0 Å². The van der Waals surface area contributed by atoms with Gasteiger partial charge in [-0.2, -0.15) is 13.2 Å². The quantitative estimate of drug-likeness (QED) is 0.644. The standard InChI is InChI=1S/C11H14F3NO2/c1-8(15)9-4-2-3-5-10(9)17-7-16-6-11(12,13)14/h2-5,8H,6-7,15H2,1H3/t8-/m0/s1. The molecule has 0 bridgehead atoms. The Balaban J connectivity index is 2.47. The number of para-hydroxylation sites is 1. The summed E-state index contributed by atoms with van der Waals surface area (Å²) >= 11 is 0. The molecule has 0 saturated heterocycles. The van der Waals surface area contributed by atoms with Crippen LogP contribution in [0.1, 0.15) is 18.5 Å². The van der Waals surface area contributed by atoms with E-state index in [1.807, 2.05) is 0 Å². The Kier molecular flexibility index (Phi) is 4.77. The van der Waals surface area contributed by atoms with Gasteiger partial charge in [0.25, 0.3) is 0 Å². The summed E-state index contributed by atoms with van der Waals surface area (Å²) in [4.78, 5) is 0. The van der Waals surface area contributed by atoms with Crippen LogP contribution in [0.2, 0.25) is 0 Å². The lowest BCUT2D eigenvalue weighted by Gasteiger charge is -2.14. The third kappa shape index (κ3) is 5.06. The first kappa shape index (κ1) is 13.8. The molecule has 1 aromatic carbocycles. The van der Waals surface area contributed by atoms with Crippen molar-refractivity contribution in [1.29, 1.82) is 0 Å². The molecule has 0 fully saturated rings. The number of rotatable bonds is 5. The number of ether oxygens (including phenoxy) is 2. The van der Waals surface area contributed by atoms with Gasteiger partial charge < -0.3 is 15.2 Å². The van der Waals surface area contributed by atoms with Crippen LogP contribution in [-0.2, 0) is 4.74 Å². The summed E-state index contributed by atoms with van der Waals surface area (Å²) < 4.78 is 44.8. The predicted octanol–water partition coefficient (Wildman–Crippen LogP) is 2.62. The minimum Gasteiger partial charge on any atom is -0.467 e. The molecule has 0 unspecified atom stereocenters. The maximum absolute atomic E-state index is 11.8. The Hall–Kier alpha value is -1.27. The minimum atomic E-state index is -4.34. The molecule has 0 aliphatic carbocycles. The molecule has 0 heterocycles. The molecule has 0 aromatic heterocycles. The summed E-state index contributed by atoms with van der Waals surface area (Å²) in [6, 6.07) is 6.63. The highest BCUT2D eigenvalue weighted by atomic mass is 19.4. The number of halogens is 3. The third-order valence-corrected chi connectivity index (χ3v) is 1.97.